The van der Waals surface area contributed by atoms with Gasteiger partial charge in [-0.15, -0.1) is 0 Å². The van der Waals surface area contributed by atoms with E-state index in [4.69, 9.17) is 4.74 Å². The maximum atomic E-state index is 11.1. The summed E-state index contributed by atoms with van der Waals surface area (Å²) in [4.78, 5) is 11.1. The molecule has 80 valence electrons. The van der Waals surface area contributed by atoms with Crippen LogP contribution in [0, 0.1) is 0 Å². The summed E-state index contributed by atoms with van der Waals surface area (Å²) in [5.41, 5.74) is -0.425. The molecule has 5 nitrogen and oxygen atoms in total. The van der Waals surface area contributed by atoms with Gasteiger partial charge in [-0.3, -0.25) is 0 Å². The standard InChI is InChI=1S/C9H17N3O2/c1-9(2,3)14-8(13)10-6-4-5-7-11-12-7/h7H,4-6H2,1-3H3,(H,10,13). The lowest BCUT2D eigenvalue weighted by molar-refractivity contribution is 0.0527. The lowest BCUT2D eigenvalue weighted by Gasteiger charge is -2.19. The minimum absolute atomic E-state index is 0.190. The molecule has 0 radical (unpaired) electrons. The van der Waals surface area contributed by atoms with Gasteiger partial charge in [0.25, 0.3) is 0 Å². The van der Waals surface area contributed by atoms with Gasteiger partial charge in [0.2, 0.25) is 0 Å². The molecule has 0 bridgehead atoms. The molecule has 5 heteroatoms. The summed E-state index contributed by atoms with van der Waals surface area (Å²) in [6.07, 6.45) is 1.63. The van der Waals surface area contributed by atoms with Crippen molar-refractivity contribution in [3.8, 4) is 0 Å². The summed E-state index contributed by atoms with van der Waals surface area (Å²) in [5.74, 6) is 0. The first kappa shape index (κ1) is 10.9. The van der Waals surface area contributed by atoms with Crippen molar-refractivity contribution in [2.75, 3.05) is 6.54 Å². The van der Waals surface area contributed by atoms with Crippen LogP contribution in [-0.2, 0) is 4.74 Å². The van der Waals surface area contributed by atoms with Crippen molar-refractivity contribution in [3.63, 3.8) is 0 Å². The smallest absolute Gasteiger partial charge is 0.407 e. The van der Waals surface area contributed by atoms with E-state index >= 15 is 0 Å². The zero-order valence-corrected chi connectivity index (χ0v) is 8.91. The number of hydrogen-bond donors (Lipinski definition) is 1. The molecule has 1 aliphatic heterocycles. The summed E-state index contributed by atoms with van der Waals surface area (Å²) in [7, 11) is 0. The molecule has 14 heavy (non-hydrogen) atoms. The molecule has 0 unspecified atom stereocenters. The molecule has 0 saturated carbocycles. The zero-order chi connectivity index (χ0) is 10.6. The number of alkyl carbamates (subject to hydrolysis) is 1. The van der Waals surface area contributed by atoms with Gasteiger partial charge in [0.15, 0.2) is 6.17 Å². The first-order chi connectivity index (χ1) is 6.47. The second-order valence-electron chi connectivity index (χ2n) is 4.28. The number of amides is 1. The van der Waals surface area contributed by atoms with Crippen molar-refractivity contribution in [2.24, 2.45) is 10.2 Å². The van der Waals surface area contributed by atoms with Crippen LogP contribution < -0.4 is 5.32 Å². The van der Waals surface area contributed by atoms with Crippen molar-refractivity contribution in [3.05, 3.63) is 0 Å². The Morgan fingerprint density at radius 3 is 2.57 bits per heavy atom. The van der Waals surface area contributed by atoms with Crippen molar-refractivity contribution in [1.29, 1.82) is 0 Å². The third kappa shape index (κ3) is 5.50. The second kappa shape index (κ2) is 4.39. The lowest BCUT2D eigenvalue weighted by Crippen LogP contribution is -2.33. The first-order valence-electron chi connectivity index (χ1n) is 4.84. The van der Waals surface area contributed by atoms with Gasteiger partial charge in [0.05, 0.1) is 0 Å². The second-order valence-corrected chi connectivity index (χ2v) is 4.28. The summed E-state index contributed by atoms with van der Waals surface area (Å²) < 4.78 is 5.06. The minimum Gasteiger partial charge on any atom is -0.444 e. The quantitative estimate of drug-likeness (QED) is 0.704. The van der Waals surface area contributed by atoms with Crippen molar-refractivity contribution in [1.82, 2.24) is 5.32 Å². The number of nitrogens with zero attached hydrogens (tertiary/aromatic N) is 2. The first-order valence-corrected chi connectivity index (χ1v) is 4.84. The summed E-state index contributed by atoms with van der Waals surface area (Å²) >= 11 is 0. The number of nitrogens with one attached hydrogen (secondary N) is 1. The van der Waals surface area contributed by atoms with Crippen LogP contribution >= 0.6 is 0 Å². The molecule has 0 spiro atoms. The third-order valence-electron chi connectivity index (χ3n) is 1.59. The number of rotatable bonds is 4. The van der Waals surface area contributed by atoms with Crippen LogP contribution in [0.5, 0.6) is 0 Å². The maximum Gasteiger partial charge on any atom is 0.407 e. The molecule has 1 amide bonds. The van der Waals surface area contributed by atoms with E-state index in [2.05, 4.69) is 15.5 Å². The van der Waals surface area contributed by atoms with E-state index < -0.39 is 5.60 Å². The fourth-order valence-electron chi connectivity index (χ4n) is 0.952. The number of carbonyl (C=O) groups excluding carboxylic acids is 1. The van der Waals surface area contributed by atoms with Crippen molar-refractivity contribution in [2.45, 2.75) is 45.4 Å². The summed E-state index contributed by atoms with van der Waals surface area (Å²) in [5, 5.41) is 10.2. The Morgan fingerprint density at radius 1 is 1.43 bits per heavy atom. The van der Waals surface area contributed by atoms with E-state index in [1.165, 1.54) is 0 Å². The molecule has 1 heterocycles. The molecule has 0 fully saturated rings. The van der Waals surface area contributed by atoms with Gasteiger partial charge in [0.1, 0.15) is 5.60 Å². The topological polar surface area (TPSA) is 63.0 Å². The van der Waals surface area contributed by atoms with Crippen LogP contribution in [0.2, 0.25) is 0 Å². The van der Waals surface area contributed by atoms with Crippen LogP contribution in [0.1, 0.15) is 33.6 Å². The number of carbonyl (C=O) groups is 1. The Labute approximate surface area is 83.9 Å². The van der Waals surface area contributed by atoms with Crippen LogP contribution in [-0.4, -0.2) is 24.4 Å². The van der Waals surface area contributed by atoms with Crippen molar-refractivity contribution >= 4 is 6.09 Å². The number of ether oxygens (including phenoxy) is 1. The monoisotopic (exact) mass is 199 g/mol. The molecule has 0 atom stereocenters. The molecule has 0 aliphatic carbocycles. The normalized spacial score (nSPS) is 15.4. The van der Waals surface area contributed by atoms with Crippen LogP contribution in [0.25, 0.3) is 0 Å². The fraction of sp³-hybridized carbons (Fsp3) is 0.889. The third-order valence-corrected chi connectivity index (χ3v) is 1.59. The Balaban J connectivity index is 1.96. The van der Waals surface area contributed by atoms with Gasteiger partial charge >= 0.3 is 6.09 Å². The Hall–Kier alpha value is -1.13. The Kier molecular flexibility index (Phi) is 3.43. The van der Waals surface area contributed by atoms with Gasteiger partial charge < -0.3 is 10.1 Å². The summed E-state index contributed by atoms with van der Waals surface area (Å²) in [6, 6.07) is 0. The molecule has 0 aromatic carbocycles. The molecule has 1 rings (SSSR count). The Morgan fingerprint density at radius 2 is 2.07 bits per heavy atom. The van der Waals surface area contributed by atoms with Gasteiger partial charge in [0, 0.05) is 6.54 Å². The predicted octanol–water partition coefficient (Wildman–Crippen LogP) is 2.08. The van der Waals surface area contributed by atoms with Gasteiger partial charge in [-0.25, -0.2) is 4.79 Å². The highest BCUT2D eigenvalue weighted by Crippen LogP contribution is 2.15. The van der Waals surface area contributed by atoms with E-state index in [1.54, 1.807) is 0 Å². The van der Waals surface area contributed by atoms with E-state index in [-0.39, 0.29) is 12.3 Å². The molecular weight excluding hydrogens is 182 g/mol. The van der Waals surface area contributed by atoms with E-state index in [0.29, 0.717) is 6.54 Å². The average Bonchev–Trinajstić information content (AvgIpc) is 2.77. The SMILES string of the molecule is CC(C)(C)OC(=O)NCCCC1N=N1. The van der Waals surface area contributed by atoms with Gasteiger partial charge in [-0.05, 0) is 33.6 Å². The zero-order valence-electron chi connectivity index (χ0n) is 8.91. The highest BCUT2D eigenvalue weighted by molar-refractivity contribution is 5.67. The van der Waals surface area contributed by atoms with Crippen LogP contribution in [0.3, 0.4) is 0 Å². The molecule has 0 saturated heterocycles. The largest absolute Gasteiger partial charge is 0.444 e. The maximum absolute atomic E-state index is 11.1. The van der Waals surface area contributed by atoms with Gasteiger partial charge in [-0.2, -0.15) is 10.2 Å². The average molecular weight is 199 g/mol. The molecule has 1 N–H and O–H groups in total. The highest BCUT2D eigenvalue weighted by Gasteiger charge is 2.17. The lowest BCUT2D eigenvalue weighted by atomic mass is 10.2. The van der Waals surface area contributed by atoms with Crippen molar-refractivity contribution < 1.29 is 9.53 Å². The summed E-state index contributed by atoms with van der Waals surface area (Å²) in [6.45, 7) is 6.15. The molecular formula is C9H17N3O2. The van der Waals surface area contributed by atoms with E-state index in [0.717, 1.165) is 12.8 Å². The van der Waals surface area contributed by atoms with E-state index in [9.17, 15) is 4.79 Å². The minimum atomic E-state index is -0.425. The number of hydrogen-bond acceptors (Lipinski definition) is 4. The van der Waals surface area contributed by atoms with Crippen LogP contribution in [0.15, 0.2) is 10.2 Å². The van der Waals surface area contributed by atoms with Gasteiger partial charge in [-0.1, -0.05) is 0 Å². The molecule has 0 aromatic rings. The molecule has 0 aromatic heterocycles. The predicted molar refractivity (Wildman–Crippen MR) is 52.1 cm³/mol. The Bertz CT molecular complexity index is 227. The fourth-order valence-corrected chi connectivity index (χ4v) is 0.952. The highest BCUT2D eigenvalue weighted by atomic mass is 16.6. The van der Waals surface area contributed by atoms with E-state index in [1.807, 2.05) is 20.8 Å². The molecule has 1 aliphatic rings. The van der Waals surface area contributed by atoms with Crippen LogP contribution in [0.4, 0.5) is 4.79 Å².